The van der Waals surface area contributed by atoms with Crippen LogP contribution in [0, 0.1) is 0 Å². The van der Waals surface area contributed by atoms with Crippen LogP contribution in [0.4, 0.5) is 0 Å². The van der Waals surface area contributed by atoms with Crippen molar-refractivity contribution in [2.75, 3.05) is 6.26 Å². The van der Waals surface area contributed by atoms with Crippen LogP contribution in [-0.2, 0) is 21.2 Å². The van der Waals surface area contributed by atoms with Gasteiger partial charge >= 0.3 is 0 Å². The number of carbonyl (C=O) groups is 1. The second-order valence-electron chi connectivity index (χ2n) is 6.21. The Morgan fingerprint density at radius 2 is 1.79 bits per heavy atom. The summed E-state index contributed by atoms with van der Waals surface area (Å²) in [5.74, 6) is -0.561. The Hall–Kier alpha value is -2.16. The molecular weight excluding hydrogens is 466 g/mol. The summed E-state index contributed by atoms with van der Waals surface area (Å²) >= 11 is 9.42. The van der Waals surface area contributed by atoms with E-state index in [-0.39, 0.29) is 6.42 Å². The van der Waals surface area contributed by atoms with Crippen molar-refractivity contribution < 1.29 is 13.2 Å². The Morgan fingerprint density at radius 3 is 2.39 bits per heavy atom. The minimum absolute atomic E-state index is 0.0183. The number of sulfonamides is 1. The number of amides is 1. The highest BCUT2D eigenvalue weighted by molar-refractivity contribution is 9.10. The molecule has 1 aromatic heterocycles. The molecule has 0 radical (unpaired) electrons. The van der Waals surface area contributed by atoms with Crippen molar-refractivity contribution in [3.05, 3.63) is 69.8 Å². The number of nitrogens with one attached hydrogen (secondary N) is 1. The lowest BCUT2D eigenvalue weighted by atomic mass is 10.1. The van der Waals surface area contributed by atoms with Crippen molar-refractivity contribution in [1.82, 2.24) is 14.5 Å². The number of hydrogen-bond acceptors (Lipinski definition) is 4. The second-order valence-corrected chi connectivity index (χ2v) is 9.31. The van der Waals surface area contributed by atoms with E-state index in [1.54, 1.807) is 16.8 Å². The molecule has 0 atom stereocenters. The van der Waals surface area contributed by atoms with Crippen LogP contribution in [0.2, 0.25) is 5.02 Å². The minimum Gasteiger partial charge on any atom is -0.274 e. The van der Waals surface area contributed by atoms with E-state index in [9.17, 15) is 13.2 Å². The Bertz CT molecular complexity index is 1030. The molecule has 1 heterocycles. The predicted molar refractivity (Wildman–Crippen MR) is 113 cm³/mol. The molecule has 28 heavy (non-hydrogen) atoms. The molecule has 6 nitrogen and oxygen atoms in total. The first-order valence-electron chi connectivity index (χ1n) is 8.33. The number of aryl methyl sites for hydroxylation is 1. The van der Waals surface area contributed by atoms with Gasteiger partial charge in [-0.15, -0.1) is 0 Å². The molecule has 3 aromatic rings. The monoisotopic (exact) mass is 481 g/mol. The molecule has 1 N–H and O–H groups in total. The van der Waals surface area contributed by atoms with Crippen LogP contribution < -0.4 is 4.72 Å². The molecule has 0 unspecified atom stereocenters. The first-order chi connectivity index (χ1) is 13.2. The Balaban J connectivity index is 1.92. The lowest BCUT2D eigenvalue weighted by Crippen LogP contribution is -2.29. The molecule has 0 saturated carbocycles. The summed E-state index contributed by atoms with van der Waals surface area (Å²) in [5.41, 5.74) is 3.32. The van der Waals surface area contributed by atoms with Gasteiger partial charge in [0, 0.05) is 27.9 Å². The summed E-state index contributed by atoms with van der Waals surface area (Å²) in [7, 11) is -3.57. The maximum atomic E-state index is 11.8. The average Bonchev–Trinajstić information content (AvgIpc) is 3.04. The van der Waals surface area contributed by atoms with Crippen LogP contribution in [0.25, 0.3) is 16.9 Å². The molecule has 3 rings (SSSR count). The maximum absolute atomic E-state index is 11.8. The van der Waals surface area contributed by atoms with Gasteiger partial charge in [-0.25, -0.2) is 13.1 Å². The topological polar surface area (TPSA) is 81.1 Å². The number of aromatic nitrogens is 2. The van der Waals surface area contributed by atoms with Crippen molar-refractivity contribution in [2.45, 2.75) is 12.8 Å². The molecular formula is C19H17BrClN3O3S. The van der Waals surface area contributed by atoms with Gasteiger partial charge in [0.05, 0.1) is 23.3 Å². The molecule has 0 aliphatic carbocycles. The third kappa shape index (κ3) is 5.43. The fraction of sp³-hybridized carbons (Fsp3) is 0.158. The number of benzene rings is 2. The van der Waals surface area contributed by atoms with E-state index < -0.39 is 15.9 Å². The van der Waals surface area contributed by atoms with Gasteiger partial charge in [0.2, 0.25) is 15.9 Å². The molecule has 0 aliphatic rings. The fourth-order valence-corrected chi connectivity index (χ4v) is 3.56. The van der Waals surface area contributed by atoms with E-state index in [1.165, 1.54) is 0 Å². The van der Waals surface area contributed by atoms with Crippen LogP contribution in [0.5, 0.6) is 0 Å². The fourth-order valence-electron chi connectivity index (χ4n) is 2.66. The van der Waals surface area contributed by atoms with Crippen molar-refractivity contribution in [3.63, 3.8) is 0 Å². The van der Waals surface area contributed by atoms with Crippen LogP contribution in [0.15, 0.2) is 59.1 Å². The first-order valence-corrected chi connectivity index (χ1v) is 11.4. The summed E-state index contributed by atoms with van der Waals surface area (Å²) in [6, 6.07) is 17.0. The zero-order valence-corrected chi connectivity index (χ0v) is 18.1. The molecule has 146 valence electrons. The molecule has 0 bridgehead atoms. The smallest absolute Gasteiger partial charge is 0.233 e. The second kappa shape index (κ2) is 8.46. The van der Waals surface area contributed by atoms with Gasteiger partial charge < -0.3 is 0 Å². The maximum Gasteiger partial charge on any atom is 0.233 e. The van der Waals surface area contributed by atoms with Gasteiger partial charge in [0.25, 0.3) is 0 Å². The third-order valence-corrected chi connectivity index (χ3v) is 5.26. The van der Waals surface area contributed by atoms with Gasteiger partial charge in [-0.05, 0) is 42.5 Å². The zero-order chi connectivity index (χ0) is 20.3. The SMILES string of the molecule is CS(=O)(=O)NC(=O)CCc1cc(-c2ccc(Br)cc2)n(-c2ccc(Cl)cc2)n1. The quantitative estimate of drug-likeness (QED) is 0.576. The Morgan fingerprint density at radius 1 is 1.14 bits per heavy atom. The summed E-state index contributed by atoms with van der Waals surface area (Å²) in [6.07, 6.45) is 1.28. The van der Waals surface area contributed by atoms with E-state index in [2.05, 4.69) is 21.0 Å². The first kappa shape index (κ1) is 20.6. The molecule has 1 amide bonds. The van der Waals surface area contributed by atoms with Gasteiger partial charge in [-0.3, -0.25) is 9.52 Å². The normalized spacial score (nSPS) is 11.4. The lowest BCUT2D eigenvalue weighted by Gasteiger charge is -2.08. The number of halogens is 2. The summed E-state index contributed by atoms with van der Waals surface area (Å²) in [5, 5.41) is 5.23. The van der Waals surface area contributed by atoms with Crippen molar-refractivity contribution >= 4 is 43.5 Å². The van der Waals surface area contributed by atoms with E-state index in [0.717, 1.165) is 27.7 Å². The Labute approximate surface area is 176 Å². The molecule has 0 saturated heterocycles. The molecule has 0 aliphatic heterocycles. The van der Waals surface area contributed by atoms with Crippen molar-refractivity contribution in [2.24, 2.45) is 0 Å². The molecule has 0 spiro atoms. The van der Waals surface area contributed by atoms with Crippen LogP contribution in [-0.4, -0.2) is 30.4 Å². The number of carbonyl (C=O) groups excluding carboxylic acids is 1. The van der Waals surface area contributed by atoms with E-state index in [1.807, 2.05) is 47.2 Å². The highest BCUT2D eigenvalue weighted by Gasteiger charge is 2.14. The zero-order valence-electron chi connectivity index (χ0n) is 14.9. The number of rotatable bonds is 6. The third-order valence-electron chi connectivity index (χ3n) is 3.88. The molecule has 2 aromatic carbocycles. The van der Waals surface area contributed by atoms with Gasteiger partial charge in [0.1, 0.15) is 0 Å². The number of nitrogens with zero attached hydrogens (tertiary/aromatic N) is 2. The van der Waals surface area contributed by atoms with E-state index in [4.69, 9.17) is 11.6 Å². The van der Waals surface area contributed by atoms with Crippen LogP contribution in [0.1, 0.15) is 12.1 Å². The van der Waals surface area contributed by atoms with E-state index in [0.29, 0.717) is 17.1 Å². The van der Waals surface area contributed by atoms with Crippen molar-refractivity contribution in [1.29, 1.82) is 0 Å². The molecule has 9 heteroatoms. The largest absolute Gasteiger partial charge is 0.274 e. The standard InChI is InChI=1S/C19H17BrClN3O3S/c1-28(26,27)23-19(25)11-8-16-12-18(13-2-4-14(20)5-3-13)24(22-16)17-9-6-15(21)7-10-17/h2-7,9-10,12H,8,11H2,1H3,(H,23,25). The number of hydrogen-bond donors (Lipinski definition) is 1. The average molecular weight is 483 g/mol. The summed E-state index contributed by atoms with van der Waals surface area (Å²) in [6.45, 7) is 0. The highest BCUT2D eigenvalue weighted by atomic mass is 79.9. The lowest BCUT2D eigenvalue weighted by molar-refractivity contribution is -0.119. The summed E-state index contributed by atoms with van der Waals surface area (Å²) < 4.78 is 27.1. The summed E-state index contributed by atoms with van der Waals surface area (Å²) in [4.78, 5) is 11.8. The molecule has 0 fully saturated rings. The predicted octanol–water partition coefficient (Wildman–Crippen LogP) is 3.96. The van der Waals surface area contributed by atoms with Crippen LogP contribution >= 0.6 is 27.5 Å². The Kier molecular flexibility index (Phi) is 6.22. The van der Waals surface area contributed by atoms with E-state index >= 15 is 0 Å². The van der Waals surface area contributed by atoms with Crippen molar-refractivity contribution in [3.8, 4) is 16.9 Å². The van der Waals surface area contributed by atoms with Gasteiger partial charge in [-0.2, -0.15) is 5.10 Å². The van der Waals surface area contributed by atoms with Crippen LogP contribution in [0.3, 0.4) is 0 Å². The van der Waals surface area contributed by atoms with Gasteiger partial charge in [-0.1, -0.05) is 39.7 Å². The van der Waals surface area contributed by atoms with Gasteiger partial charge in [0.15, 0.2) is 0 Å². The highest BCUT2D eigenvalue weighted by Crippen LogP contribution is 2.26. The minimum atomic E-state index is -3.57.